The van der Waals surface area contributed by atoms with Gasteiger partial charge in [-0.2, -0.15) is 0 Å². The monoisotopic (exact) mass is 486 g/mol. The molecule has 1 atom stereocenters. The Kier molecular flexibility index (Phi) is 7.34. The van der Waals surface area contributed by atoms with Crippen molar-refractivity contribution < 1.29 is 17.9 Å². The van der Waals surface area contributed by atoms with E-state index in [1.165, 1.54) is 17.3 Å². The smallest absolute Gasteiger partial charge is 0.230 e. The molecule has 33 heavy (non-hydrogen) atoms. The molecule has 0 bridgehead atoms. The zero-order valence-corrected chi connectivity index (χ0v) is 19.9. The van der Waals surface area contributed by atoms with Crippen LogP contribution in [0.1, 0.15) is 12.0 Å². The first kappa shape index (κ1) is 23.3. The number of amides is 1. The number of aromatic nitrogens is 3. The SMILES string of the molecule is COc1ccccc1-c1nnc(SCC(=O)N[C@@H]2CCS(=O)(=O)C2)n1CCc1ccccc1. The Labute approximate surface area is 197 Å². The molecule has 1 fully saturated rings. The van der Waals surface area contributed by atoms with Crippen LogP contribution in [0, 0.1) is 0 Å². The van der Waals surface area contributed by atoms with Crippen LogP contribution in [0.2, 0.25) is 0 Å². The fourth-order valence-corrected chi connectivity index (χ4v) is 6.27. The highest BCUT2D eigenvalue weighted by molar-refractivity contribution is 7.99. The number of para-hydroxylation sites is 1. The van der Waals surface area contributed by atoms with Crippen LogP contribution in [0.4, 0.5) is 0 Å². The predicted molar refractivity (Wildman–Crippen MR) is 128 cm³/mol. The van der Waals surface area contributed by atoms with Crippen molar-refractivity contribution in [2.75, 3.05) is 24.4 Å². The molecule has 2 aromatic carbocycles. The highest BCUT2D eigenvalue weighted by atomic mass is 32.2. The van der Waals surface area contributed by atoms with E-state index in [-0.39, 0.29) is 29.2 Å². The van der Waals surface area contributed by atoms with E-state index in [1.54, 1.807) is 7.11 Å². The summed E-state index contributed by atoms with van der Waals surface area (Å²) in [5.41, 5.74) is 2.02. The fourth-order valence-electron chi connectivity index (χ4n) is 3.82. The van der Waals surface area contributed by atoms with Crippen LogP contribution >= 0.6 is 11.8 Å². The summed E-state index contributed by atoms with van der Waals surface area (Å²) in [6.07, 6.45) is 1.24. The first-order valence-corrected chi connectivity index (χ1v) is 13.5. The van der Waals surface area contributed by atoms with Gasteiger partial charge in [0.1, 0.15) is 5.75 Å². The maximum Gasteiger partial charge on any atom is 0.230 e. The molecule has 1 aliphatic heterocycles. The molecule has 174 valence electrons. The summed E-state index contributed by atoms with van der Waals surface area (Å²) in [5, 5.41) is 12.2. The van der Waals surface area contributed by atoms with Crippen LogP contribution in [-0.2, 0) is 27.6 Å². The second kappa shape index (κ2) is 10.4. The molecule has 1 N–H and O–H groups in total. The van der Waals surface area contributed by atoms with Crippen LogP contribution < -0.4 is 10.1 Å². The molecule has 4 rings (SSSR count). The molecule has 1 amide bonds. The number of aryl methyl sites for hydroxylation is 1. The van der Waals surface area contributed by atoms with Crippen LogP contribution in [0.3, 0.4) is 0 Å². The number of carbonyl (C=O) groups is 1. The van der Waals surface area contributed by atoms with Crippen molar-refractivity contribution in [3.63, 3.8) is 0 Å². The number of methoxy groups -OCH3 is 1. The van der Waals surface area contributed by atoms with Gasteiger partial charge >= 0.3 is 0 Å². The molecular formula is C23H26N4O4S2. The fraction of sp³-hybridized carbons (Fsp3) is 0.348. The summed E-state index contributed by atoms with van der Waals surface area (Å²) in [6.45, 7) is 0.634. The number of benzene rings is 2. The summed E-state index contributed by atoms with van der Waals surface area (Å²) in [6, 6.07) is 17.5. The number of thioether (sulfide) groups is 1. The minimum absolute atomic E-state index is 0.00855. The average Bonchev–Trinajstić information content (AvgIpc) is 3.38. The number of carbonyl (C=O) groups excluding carboxylic acids is 1. The molecule has 0 aliphatic carbocycles. The van der Waals surface area contributed by atoms with Gasteiger partial charge in [0.25, 0.3) is 0 Å². The Bertz CT molecular complexity index is 1210. The van der Waals surface area contributed by atoms with Crippen LogP contribution in [0.15, 0.2) is 59.8 Å². The molecular weight excluding hydrogens is 460 g/mol. The lowest BCUT2D eigenvalue weighted by Crippen LogP contribution is -2.36. The van der Waals surface area contributed by atoms with Crippen molar-refractivity contribution in [1.82, 2.24) is 20.1 Å². The van der Waals surface area contributed by atoms with Crippen molar-refractivity contribution >= 4 is 27.5 Å². The zero-order chi connectivity index (χ0) is 23.3. The standard InChI is InChI=1S/C23H26N4O4S2/c1-31-20-10-6-5-9-19(20)22-25-26-23(27(22)13-11-17-7-3-2-4-8-17)32-15-21(28)24-18-12-14-33(29,30)16-18/h2-10,18H,11-16H2,1H3,(H,24,28)/t18-/m1/s1. The molecule has 1 aromatic heterocycles. The minimum Gasteiger partial charge on any atom is -0.496 e. The number of hydrogen-bond donors (Lipinski definition) is 1. The molecule has 0 unspecified atom stereocenters. The minimum atomic E-state index is -3.04. The number of sulfone groups is 1. The van der Waals surface area contributed by atoms with Crippen molar-refractivity contribution in [2.24, 2.45) is 0 Å². The van der Waals surface area contributed by atoms with E-state index >= 15 is 0 Å². The topological polar surface area (TPSA) is 103 Å². The highest BCUT2D eigenvalue weighted by Crippen LogP contribution is 2.31. The molecule has 2 heterocycles. The molecule has 3 aromatic rings. The second-order valence-corrected chi connectivity index (χ2v) is 11.0. The van der Waals surface area contributed by atoms with Gasteiger partial charge < -0.3 is 14.6 Å². The van der Waals surface area contributed by atoms with Gasteiger partial charge in [-0.25, -0.2) is 8.42 Å². The van der Waals surface area contributed by atoms with Crippen LogP contribution in [-0.4, -0.2) is 59.5 Å². The number of nitrogens with one attached hydrogen (secondary N) is 1. The largest absolute Gasteiger partial charge is 0.496 e. The van der Waals surface area contributed by atoms with Gasteiger partial charge in [-0.3, -0.25) is 4.79 Å². The zero-order valence-electron chi connectivity index (χ0n) is 18.3. The van der Waals surface area contributed by atoms with Crippen molar-refractivity contribution in [3.05, 3.63) is 60.2 Å². The van der Waals surface area contributed by atoms with E-state index in [2.05, 4.69) is 27.6 Å². The lowest BCUT2D eigenvalue weighted by Gasteiger charge is -2.13. The summed E-state index contributed by atoms with van der Waals surface area (Å²) in [5.74, 6) is 1.43. The second-order valence-electron chi connectivity index (χ2n) is 7.85. The van der Waals surface area contributed by atoms with Gasteiger partial charge in [-0.05, 0) is 30.5 Å². The van der Waals surface area contributed by atoms with Crippen molar-refractivity contribution in [2.45, 2.75) is 30.6 Å². The molecule has 10 heteroatoms. The Balaban J connectivity index is 1.51. The summed E-state index contributed by atoms with van der Waals surface area (Å²) in [4.78, 5) is 12.4. The van der Waals surface area contributed by atoms with E-state index in [0.717, 1.165) is 12.0 Å². The molecule has 0 radical (unpaired) electrons. The number of ether oxygens (including phenoxy) is 1. The van der Waals surface area contributed by atoms with E-state index in [9.17, 15) is 13.2 Å². The van der Waals surface area contributed by atoms with Gasteiger partial charge in [-0.15, -0.1) is 10.2 Å². The summed E-state index contributed by atoms with van der Waals surface area (Å²) >= 11 is 1.29. The lowest BCUT2D eigenvalue weighted by molar-refractivity contribution is -0.119. The van der Waals surface area contributed by atoms with E-state index in [1.807, 2.05) is 47.0 Å². The molecule has 1 aliphatic rings. The first-order chi connectivity index (χ1) is 15.9. The Hall–Kier alpha value is -2.85. The normalized spacial score (nSPS) is 17.1. The maximum absolute atomic E-state index is 12.4. The summed E-state index contributed by atoms with van der Waals surface area (Å²) < 4.78 is 30.8. The maximum atomic E-state index is 12.4. The third-order valence-corrected chi connectivity index (χ3v) is 8.20. The van der Waals surface area contributed by atoms with E-state index < -0.39 is 9.84 Å². The van der Waals surface area contributed by atoms with Gasteiger partial charge in [0, 0.05) is 12.6 Å². The third kappa shape index (κ3) is 5.94. The number of nitrogens with zero attached hydrogens (tertiary/aromatic N) is 3. The van der Waals surface area contributed by atoms with E-state index in [4.69, 9.17) is 4.74 Å². The lowest BCUT2D eigenvalue weighted by atomic mass is 10.1. The molecule has 8 nitrogen and oxygen atoms in total. The van der Waals surface area contributed by atoms with Gasteiger partial charge in [-0.1, -0.05) is 54.2 Å². The Morgan fingerprint density at radius 2 is 1.91 bits per heavy atom. The Morgan fingerprint density at radius 1 is 1.15 bits per heavy atom. The van der Waals surface area contributed by atoms with Gasteiger partial charge in [0.05, 0.1) is 29.9 Å². The van der Waals surface area contributed by atoms with Gasteiger partial charge in [0.15, 0.2) is 20.8 Å². The van der Waals surface area contributed by atoms with Crippen LogP contribution in [0.25, 0.3) is 11.4 Å². The number of rotatable bonds is 9. The quantitative estimate of drug-likeness (QED) is 0.464. The molecule has 0 saturated carbocycles. The third-order valence-electron chi connectivity index (χ3n) is 5.46. The number of hydrogen-bond acceptors (Lipinski definition) is 7. The predicted octanol–water partition coefficient (Wildman–Crippen LogP) is 2.59. The molecule has 1 saturated heterocycles. The first-order valence-electron chi connectivity index (χ1n) is 10.7. The summed E-state index contributed by atoms with van der Waals surface area (Å²) in [7, 11) is -1.42. The average molecular weight is 487 g/mol. The van der Waals surface area contributed by atoms with Gasteiger partial charge in [0.2, 0.25) is 5.91 Å². The van der Waals surface area contributed by atoms with Crippen molar-refractivity contribution in [3.8, 4) is 17.1 Å². The highest BCUT2D eigenvalue weighted by Gasteiger charge is 2.29. The molecule has 0 spiro atoms. The van der Waals surface area contributed by atoms with E-state index in [0.29, 0.717) is 29.7 Å². The van der Waals surface area contributed by atoms with Crippen LogP contribution in [0.5, 0.6) is 5.75 Å². The Morgan fingerprint density at radius 3 is 2.64 bits per heavy atom. The van der Waals surface area contributed by atoms with Crippen molar-refractivity contribution in [1.29, 1.82) is 0 Å².